The second kappa shape index (κ2) is 7.80. The van der Waals surface area contributed by atoms with Crippen LogP contribution in [0.1, 0.15) is 24.3 Å². The van der Waals surface area contributed by atoms with E-state index in [9.17, 15) is 4.79 Å². The van der Waals surface area contributed by atoms with Gasteiger partial charge < -0.3 is 10.3 Å². The van der Waals surface area contributed by atoms with Crippen LogP contribution in [0.4, 0.5) is 5.69 Å². The third-order valence-electron chi connectivity index (χ3n) is 5.16. The van der Waals surface area contributed by atoms with E-state index in [2.05, 4.69) is 68.3 Å². The predicted molar refractivity (Wildman–Crippen MR) is 115 cm³/mol. The highest BCUT2D eigenvalue weighted by Gasteiger charge is 2.24. The zero-order chi connectivity index (χ0) is 17.9. The zero-order valence-electron chi connectivity index (χ0n) is 14.5. The second-order valence-corrected chi connectivity index (χ2v) is 8.03. The van der Waals surface area contributed by atoms with Crippen LogP contribution in [0.15, 0.2) is 54.7 Å². The van der Waals surface area contributed by atoms with E-state index in [0.717, 1.165) is 35.2 Å². The van der Waals surface area contributed by atoms with Gasteiger partial charge in [-0.25, -0.2) is 0 Å². The molecule has 1 aromatic heterocycles. The lowest BCUT2D eigenvalue weighted by Crippen LogP contribution is -2.38. The predicted octanol–water partition coefficient (Wildman–Crippen LogP) is 4.59. The summed E-state index contributed by atoms with van der Waals surface area (Å²) in [6.07, 6.45) is 4.35. The lowest BCUT2D eigenvalue weighted by atomic mass is 9.89. The van der Waals surface area contributed by atoms with Gasteiger partial charge in [0.25, 0.3) is 0 Å². The van der Waals surface area contributed by atoms with Crippen LogP contribution in [0.25, 0.3) is 10.9 Å². The quantitative estimate of drug-likeness (QED) is 0.561. The Morgan fingerprint density at radius 1 is 1.12 bits per heavy atom. The number of piperidine rings is 1. The van der Waals surface area contributed by atoms with Crippen LogP contribution in [0, 0.1) is 3.57 Å². The summed E-state index contributed by atoms with van der Waals surface area (Å²) in [6, 6.07) is 16.4. The van der Waals surface area contributed by atoms with E-state index in [1.807, 2.05) is 24.3 Å². The van der Waals surface area contributed by atoms with Crippen LogP contribution in [0.5, 0.6) is 0 Å². The fraction of sp³-hybridized carbons (Fsp3) is 0.286. The molecule has 3 aromatic rings. The van der Waals surface area contributed by atoms with Gasteiger partial charge >= 0.3 is 0 Å². The average Bonchev–Trinajstić information content (AvgIpc) is 3.08. The van der Waals surface area contributed by atoms with Gasteiger partial charge in [0, 0.05) is 20.7 Å². The van der Waals surface area contributed by atoms with Crippen LogP contribution in [-0.4, -0.2) is 35.4 Å². The van der Waals surface area contributed by atoms with Crippen molar-refractivity contribution in [1.29, 1.82) is 0 Å². The summed E-state index contributed by atoms with van der Waals surface area (Å²) in [5, 5.41) is 4.36. The number of rotatable bonds is 4. The van der Waals surface area contributed by atoms with Gasteiger partial charge in [0.1, 0.15) is 0 Å². The van der Waals surface area contributed by atoms with Crippen molar-refractivity contribution in [1.82, 2.24) is 9.88 Å². The maximum atomic E-state index is 12.4. The smallest absolute Gasteiger partial charge is 0.238 e. The fourth-order valence-corrected chi connectivity index (χ4v) is 4.31. The minimum absolute atomic E-state index is 0.0691. The summed E-state index contributed by atoms with van der Waals surface area (Å²) < 4.78 is 1.07. The van der Waals surface area contributed by atoms with Gasteiger partial charge in [0.15, 0.2) is 0 Å². The van der Waals surface area contributed by atoms with E-state index in [0.29, 0.717) is 12.5 Å². The average molecular weight is 459 g/mol. The molecule has 0 atom stereocenters. The zero-order valence-corrected chi connectivity index (χ0v) is 16.7. The van der Waals surface area contributed by atoms with Gasteiger partial charge in [-0.15, -0.1) is 0 Å². The number of likely N-dealkylation sites (tertiary alicyclic amines) is 1. The Balaban J connectivity index is 1.34. The molecule has 4 rings (SSSR count). The third-order valence-corrected chi connectivity index (χ3v) is 6.10. The molecule has 0 unspecified atom stereocenters. The lowest BCUT2D eigenvalue weighted by Gasteiger charge is -2.31. The molecule has 1 fully saturated rings. The van der Waals surface area contributed by atoms with Crippen molar-refractivity contribution in [2.24, 2.45) is 0 Å². The number of amides is 1. The first kappa shape index (κ1) is 17.5. The molecular formula is C21H22IN3O. The SMILES string of the molecule is O=C(CN1CCC(c2c[nH]c3ccccc23)CC1)Nc1ccccc1I. The molecule has 4 nitrogen and oxygen atoms in total. The van der Waals surface area contributed by atoms with Crippen molar-refractivity contribution < 1.29 is 4.79 Å². The standard InChI is InChI=1S/C21H22IN3O/c22-18-6-2-4-8-20(18)24-21(26)14-25-11-9-15(10-12-25)17-13-23-19-7-3-1-5-16(17)19/h1-8,13,15,23H,9-12,14H2,(H,24,26). The number of fused-ring (bicyclic) bond motifs is 1. The van der Waals surface area contributed by atoms with Gasteiger partial charge in [-0.1, -0.05) is 30.3 Å². The van der Waals surface area contributed by atoms with Crippen molar-refractivity contribution in [3.05, 3.63) is 63.9 Å². The molecule has 0 bridgehead atoms. The molecule has 0 spiro atoms. The molecule has 1 aliphatic rings. The number of aromatic amines is 1. The van der Waals surface area contributed by atoms with E-state index in [1.54, 1.807) is 0 Å². The first-order chi connectivity index (χ1) is 12.7. The molecule has 2 heterocycles. The Morgan fingerprint density at radius 3 is 2.65 bits per heavy atom. The number of carbonyl (C=O) groups excluding carboxylic acids is 1. The van der Waals surface area contributed by atoms with Crippen LogP contribution >= 0.6 is 22.6 Å². The summed E-state index contributed by atoms with van der Waals surface area (Å²) >= 11 is 2.25. The van der Waals surface area contributed by atoms with Gasteiger partial charge in [-0.2, -0.15) is 0 Å². The first-order valence-corrected chi connectivity index (χ1v) is 10.1. The molecule has 5 heteroatoms. The van der Waals surface area contributed by atoms with Gasteiger partial charge in [0.2, 0.25) is 5.91 Å². The minimum Gasteiger partial charge on any atom is -0.361 e. The highest BCUT2D eigenvalue weighted by Crippen LogP contribution is 2.33. The van der Waals surface area contributed by atoms with E-state index in [1.165, 1.54) is 16.5 Å². The van der Waals surface area contributed by atoms with E-state index >= 15 is 0 Å². The number of nitrogens with zero attached hydrogens (tertiary/aromatic N) is 1. The number of nitrogens with one attached hydrogen (secondary N) is 2. The maximum absolute atomic E-state index is 12.4. The highest BCUT2D eigenvalue weighted by molar-refractivity contribution is 14.1. The second-order valence-electron chi connectivity index (χ2n) is 6.87. The van der Waals surface area contributed by atoms with Crippen molar-refractivity contribution in [2.45, 2.75) is 18.8 Å². The number of H-pyrrole nitrogens is 1. The number of aromatic nitrogens is 1. The molecule has 0 radical (unpaired) electrons. The van der Waals surface area contributed by atoms with Crippen molar-refractivity contribution in [2.75, 3.05) is 25.0 Å². The molecule has 1 amide bonds. The Hall–Kier alpha value is -1.86. The van der Waals surface area contributed by atoms with E-state index in [4.69, 9.17) is 0 Å². The largest absolute Gasteiger partial charge is 0.361 e. The van der Waals surface area contributed by atoms with Gasteiger partial charge in [-0.05, 0) is 78.2 Å². The first-order valence-electron chi connectivity index (χ1n) is 9.03. The van der Waals surface area contributed by atoms with Crippen LogP contribution in [0.2, 0.25) is 0 Å². The van der Waals surface area contributed by atoms with Crippen LogP contribution < -0.4 is 5.32 Å². The molecule has 2 aromatic carbocycles. The molecule has 1 aliphatic heterocycles. The molecular weight excluding hydrogens is 437 g/mol. The number of hydrogen-bond acceptors (Lipinski definition) is 2. The Bertz CT molecular complexity index is 912. The van der Waals surface area contributed by atoms with Gasteiger partial charge in [-0.3, -0.25) is 9.69 Å². The summed E-state index contributed by atoms with van der Waals surface area (Å²) in [5.41, 5.74) is 3.53. The Morgan fingerprint density at radius 2 is 1.85 bits per heavy atom. The fourth-order valence-electron chi connectivity index (χ4n) is 3.79. The topological polar surface area (TPSA) is 48.1 Å². The van der Waals surface area contributed by atoms with Crippen molar-refractivity contribution >= 4 is 45.1 Å². The summed E-state index contributed by atoms with van der Waals surface area (Å²) in [6.45, 7) is 2.39. The van der Waals surface area contributed by atoms with Crippen molar-refractivity contribution in [3.63, 3.8) is 0 Å². The van der Waals surface area contributed by atoms with Crippen LogP contribution in [-0.2, 0) is 4.79 Å². The normalized spacial score (nSPS) is 16.0. The monoisotopic (exact) mass is 459 g/mol. The molecule has 134 valence electrons. The Labute approximate surface area is 167 Å². The third kappa shape index (κ3) is 3.78. The summed E-state index contributed by atoms with van der Waals surface area (Å²) in [4.78, 5) is 18.0. The number of anilines is 1. The number of carbonyl (C=O) groups is 1. The lowest BCUT2D eigenvalue weighted by molar-refractivity contribution is -0.117. The number of para-hydroxylation sites is 2. The minimum atomic E-state index is 0.0691. The molecule has 1 saturated heterocycles. The van der Waals surface area contributed by atoms with Crippen molar-refractivity contribution in [3.8, 4) is 0 Å². The summed E-state index contributed by atoms with van der Waals surface area (Å²) in [5.74, 6) is 0.639. The van der Waals surface area contributed by atoms with E-state index in [-0.39, 0.29) is 5.91 Å². The molecule has 0 aliphatic carbocycles. The van der Waals surface area contributed by atoms with E-state index < -0.39 is 0 Å². The molecule has 2 N–H and O–H groups in total. The number of benzene rings is 2. The van der Waals surface area contributed by atoms with Crippen LogP contribution in [0.3, 0.4) is 0 Å². The van der Waals surface area contributed by atoms with Gasteiger partial charge in [0.05, 0.1) is 12.2 Å². The highest BCUT2D eigenvalue weighted by atomic mass is 127. The molecule has 0 saturated carbocycles. The number of halogens is 1. The maximum Gasteiger partial charge on any atom is 0.238 e. The number of hydrogen-bond donors (Lipinski definition) is 2. The summed E-state index contributed by atoms with van der Waals surface area (Å²) in [7, 11) is 0. The molecule has 26 heavy (non-hydrogen) atoms. The Kier molecular flexibility index (Phi) is 5.26.